The maximum atomic E-state index is 3.81. The Morgan fingerprint density at radius 1 is 1.62 bits per heavy atom. The van der Waals surface area contributed by atoms with Gasteiger partial charge in [-0.15, -0.1) is 0 Å². The van der Waals surface area contributed by atoms with Crippen molar-refractivity contribution in [3.63, 3.8) is 0 Å². The minimum atomic E-state index is 0.639. The van der Waals surface area contributed by atoms with E-state index in [2.05, 4.69) is 19.2 Å². The lowest BCUT2D eigenvalue weighted by molar-refractivity contribution is 0.520. The van der Waals surface area contributed by atoms with Crippen LogP contribution in [-0.4, -0.2) is 13.1 Å². The fourth-order valence-electron chi connectivity index (χ4n) is 0.781. The van der Waals surface area contributed by atoms with Gasteiger partial charge in [-0.1, -0.05) is 20.3 Å². The third kappa shape index (κ3) is 3.03. The maximum Gasteiger partial charge on any atom is 0.00639 e. The molecule has 0 saturated carbocycles. The Bertz CT molecular complexity index is 39.7. The molecule has 1 N–H and O–H groups in total. The van der Waals surface area contributed by atoms with Crippen LogP contribution in [0.15, 0.2) is 0 Å². The van der Waals surface area contributed by atoms with Crippen LogP contribution in [0.25, 0.3) is 0 Å². The normalized spacial score (nSPS) is 13.9. The summed E-state index contributed by atoms with van der Waals surface area (Å²) in [6, 6.07) is 0.639. The van der Waals surface area contributed by atoms with E-state index in [-0.39, 0.29) is 0 Å². The predicted molar refractivity (Wildman–Crippen MR) is 37.7 cm³/mol. The van der Waals surface area contributed by atoms with E-state index in [1.165, 1.54) is 12.8 Å². The molecule has 1 radical (unpaired) electrons. The molecule has 0 aromatic carbocycles. The summed E-state index contributed by atoms with van der Waals surface area (Å²) in [7, 11) is 1.99. The molecule has 1 heteroatoms. The highest BCUT2D eigenvalue weighted by molar-refractivity contribution is 4.63. The SMILES string of the molecule is [CH2]CC(CCC)NC. The highest BCUT2D eigenvalue weighted by atomic mass is 14.9. The Morgan fingerprint density at radius 2 is 2.25 bits per heavy atom. The molecule has 0 bridgehead atoms. The largest absolute Gasteiger partial charge is 0.317 e. The molecule has 0 spiro atoms. The molecule has 1 atom stereocenters. The van der Waals surface area contributed by atoms with E-state index >= 15 is 0 Å². The minimum absolute atomic E-state index is 0.639. The van der Waals surface area contributed by atoms with E-state index in [1.807, 2.05) is 7.05 Å². The highest BCUT2D eigenvalue weighted by Crippen LogP contribution is 1.98. The van der Waals surface area contributed by atoms with Gasteiger partial charge < -0.3 is 5.32 Å². The summed E-state index contributed by atoms with van der Waals surface area (Å²) < 4.78 is 0. The van der Waals surface area contributed by atoms with Crippen LogP contribution in [0.2, 0.25) is 0 Å². The van der Waals surface area contributed by atoms with Crippen molar-refractivity contribution in [1.82, 2.24) is 5.32 Å². The lowest BCUT2D eigenvalue weighted by atomic mass is 10.1. The molecule has 49 valence electrons. The lowest BCUT2D eigenvalue weighted by Gasteiger charge is -2.10. The van der Waals surface area contributed by atoms with Crippen molar-refractivity contribution in [1.29, 1.82) is 0 Å². The minimum Gasteiger partial charge on any atom is -0.317 e. The van der Waals surface area contributed by atoms with Gasteiger partial charge in [0.15, 0.2) is 0 Å². The first kappa shape index (κ1) is 7.96. The van der Waals surface area contributed by atoms with E-state index < -0.39 is 0 Å². The molecule has 0 amide bonds. The molecule has 0 aliphatic carbocycles. The van der Waals surface area contributed by atoms with E-state index in [9.17, 15) is 0 Å². The van der Waals surface area contributed by atoms with E-state index in [4.69, 9.17) is 0 Å². The molecule has 0 saturated heterocycles. The molecule has 0 aromatic heterocycles. The molecule has 0 aliphatic heterocycles. The smallest absolute Gasteiger partial charge is 0.00639 e. The molecule has 0 fully saturated rings. The fourth-order valence-corrected chi connectivity index (χ4v) is 0.781. The Hall–Kier alpha value is -0.0400. The van der Waals surface area contributed by atoms with Gasteiger partial charge in [0.1, 0.15) is 0 Å². The predicted octanol–water partition coefficient (Wildman–Crippen LogP) is 1.60. The summed E-state index contributed by atoms with van der Waals surface area (Å²) in [5.41, 5.74) is 0. The van der Waals surface area contributed by atoms with Crippen LogP contribution in [0.4, 0.5) is 0 Å². The lowest BCUT2D eigenvalue weighted by Crippen LogP contribution is -2.23. The summed E-state index contributed by atoms with van der Waals surface area (Å²) in [4.78, 5) is 0. The van der Waals surface area contributed by atoms with Crippen LogP contribution in [0.3, 0.4) is 0 Å². The molecule has 1 unspecified atom stereocenters. The van der Waals surface area contributed by atoms with Gasteiger partial charge in [-0.2, -0.15) is 0 Å². The van der Waals surface area contributed by atoms with Crippen molar-refractivity contribution in [3.8, 4) is 0 Å². The van der Waals surface area contributed by atoms with Gasteiger partial charge in [-0.05, 0) is 19.9 Å². The topological polar surface area (TPSA) is 12.0 Å². The second-order valence-electron chi connectivity index (χ2n) is 2.06. The first-order valence-corrected chi connectivity index (χ1v) is 3.31. The van der Waals surface area contributed by atoms with Crippen LogP contribution in [0, 0.1) is 6.92 Å². The zero-order valence-corrected chi connectivity index (χ0v) is 5.91. The van der Waals surface area contributed by atoms with Gasteiger partial charge in [0.25, 0.3) is 0 Å². The number of rotatable bonds is 4. The fraction of sp³-hybridized carbons (Fsp3) is 0.857. The van der Waals surface area contributed by atoms with Gasteiger partial charge >= 0.3 is 0 Å². The number of nitrogens with one attached hydrogen (secondary N) is 1. The summed E-state index contributed by atoms with van der Waals surface area (Å²) in [6.45, 7) is 6.01. The number of hydrogen-bond donors (Lipinski definition) is 1. The van der Waals surface area contributed by atoms with Gasteiger partial charge in [-0.3, -0.25) is 0 Å². The van der Waals surface area contributed by atoms with Crippen molar-refractivity contribution in [3.05, 3.63) is 6.92 Å². The van der Waals surface area contributed by atoms with Crippen LogP contribution < -0.4 is 5.32 Å². The van der Waals surface area contributed by atoms with Gasteiger partial charge in [0.2, 0.25) is 0 Å². The van der Waals surface area contributed by atoms with Gasteiger partial charge in [0, 0.05) is 6.04 Å². The molecular formula is C7H16N. The average Bonchev–Trinajstić information content (AvgIpc) is 1.83. The van der Waals surface area contributed by atoms with Crippen molar-refractivity contribution in [2.75, 3.05) is 7.05 Å². The summed E-state index contributed by atoms with van der Waals surface area (Å²) in [6.07, 6.45) is 3.51. The zero-order valence-electron chi connectivity index (χ0n) is 5.91. The second-order valence-corrected chi connectivity index (χ2v) is 2.06. The average molecular weight is 114 g/mol. The standard InChI is InChI=1S/C7H16N/c1-4-6-7(5-2)8-3/h7-8H,2,4-6H2,1,3H3. The Labute approximate surface area is 52.5 Å². The molecule has 0 aliphatic rings. The monoisotopic (exact) mass is 114 g/mol. The first-order chi connectivity index (χ1) is 3.85. The van der Waals surface area contributed by atoms with Crippen LogP contribution >= 0.6 is 0 Å². The van der Waals surface area contributed by atoms with E-state index in [0.29, 0.717) is 6.04 Å². The quantitative estimate of drug-likeness (QED) is 0.585. The van der Waals surface area contributed by atoms with Crippen LogP contribution in [0.5, 0.6) is 0 Å². The third-order valence-electron chi connectivity index (χ3n) is 1.39. The van der Waals surface area contributed by atoms with Gasteiger partial charge in [-0.25, -0.2) is 0 Å². The van der Waals surface area contributed by atoms with E-state index in [0.717, 1.165) is 6.42 Å². The Morgan fingerprint density at radius 3 is 2.38 bits per heavy atom. The molecule has 8 heavy (non-hydrogen) atoms. The van der Waals surface area contributed by atoms with Crippen molar-refractivity contribution in [2.24, 2.45) is 0 Å². The molecule has 1 nitrogen and oxygen atoms in total. The molecule has 0 rings (SSSR count). The maximum absolute atomic E-state index is 3.81. The molecule has 0 heterocycles. The summed E-state index contributed by atoms with van der Waals surface area (Å²) >= 11 is 0. The van der Waals surface area contributed by atoms with Crippen molar-refractivity contribution in [2.45, 2.75) is 32.2 Å². The number of hydrogen-bond acceptors (Lipinski definition) is 1. The van der Waals surface area contributed by atoms with Crippen molar-refractivity contribution >= 4 is 0 Å². The highest BCUT2D eigenvalue weighted by Gasteiger charge is 1.97. The second kappa shape index (κ2) is 5.10. The third-order valence-corrected chi connectivity index (χ3v) is 1.39. The first-order valence-electron chi connectivity index (χ1n) is 3.31. The van der Waals surface area contributed by atoms with Crippen LogP contribution in [-0.2, 0) is 0 Å². The van der Waals surface area contributed by atoms with Gasteiger partial charge in [0.05, 0.1) is 0 Å². The molecular weight excluding hydrogens is 98.1 g/mol. The van der Waals surface area contributed by atoms with Crippen LogP contribution in [0.1, 0.15) is 26.2 Å². The summed E-state index contributed by atoms with van der Waals surface area (Å²) in [5, 5.41) is 3.19. The molecule has 0 aromatic rings. The summed E-state index contributed by atoms with van der Waals surface area (Å²) in [5.74, 6) is 0. The van der Waals surface area contributed by atoms with Crippen molar-refractivity contribution < 1.29 is 0 Å². The Kier molecular flexibility index (Phi) is 5.08. The zero-order chi connectivity index (χ0) is 6.41. The van der Waals surface area contributed by atoms with E-state index in [1.54, 1.807) is 0 Å². The Balaban J connectivity index is 3.07.